The average molecular weight is 312 g/mol. The van der Waals surface area contributed by atoms with Gasteiger partial charge in [0.05, 0.1) is 5.75 Å². The van der Waals surface area contributed by atoms with Crippen molar-refractivity contribution < 1.29 is 18.0 Å². The largest absolute Gasteiger partial charge is 0.406 e. The van der Waals surface area contributed by atoms with Crippen molar-refractivity contribution in [3.8, 4) is 0 Å². The minimum absolute atomic E-state index is 0.0160. The highest BCUT2D eigenvalue weighted by Crippen LogP contribution is 2.20. The van der Waals surface area contributed by atoms with Crippen LogP contribution in [0.15, 0.2) is 35.2 Å². The highest BCUT2D eigenvalue weighted by Gasteiger charge is 2.32. The van der Waals surface area contributed by atoms with Gasteiger partial charge in [0.2, 0.25) is 5.91 Å². The second-order valence-corrected chi connectivity index (χ2v) is 5.15. The number of alkyl halides is 4. The molecule has 1 amide bonds. The smallest absolute Gasteiger partial charge is 0.332 e. The van der Waals surface area contributed by atoms with Crippen LogP contribution in [0.1, 0.15) is 0 Å². The average Bonchev–Trinajstić information content (AvgIpc) is 2.35. The quantitative estimate of drug-likeness (QED) is 0.593. The molecule has 0 heterocycles. The third-order valence-electron chi connectivity index (χ3n) is 2.18. The maximum Gasteiger partial charge on any atom is 0.406 e. The predicted molar refractivity (Wildman–Crippen MR) is 70.5 cm³/mol. The third-order valence-corrected chi connectivity index (χ3v) is 3.35. The van der Waals surface area contributed by atoms with Crippen LogP contribution in [0.4, 0.5) is 13.2 Å². The van der Waals surface area contributed by atoms with Gasteiger partial charge < -0.3 is 4.90 Å². The summed E-state index contributed by atoms with van der Waals surface area (Å²) in [5.74, 6) is -0.610. The molecule has 0 unspecified atom stereocenters. The predicted octanol–water partition coefficient (Wildman–Crippen LogP) is 3.41. The molecule has 106 valence electrons. The van der Waals surface area contributed by atoms with Crippen molar-refractivity contribution in [2.24, 2.45) is 0 Å². The molecule has 0 aliphatic heterocycles. The van der Waals surface area contributed by atoms with Crippen molar-refractivity contribution in [3.63, 3.8) is 0 Å². The molecule has 0 bridgehead atoms. The normalized spacial score (nSPS) is 11.4. The van der Waals surface area contributed by atoms with Crippen molar-refractivity contribution in [2.45, 2.75) is 11.1 Å². The number of nitrogens with zero attached hydrogens (tertiary/aromatic N) is 1. The van der Waals surface area contributed by atoms with E-state index >= 15 is 0 Å². The van der Waals surface area contributed by atoms with Gasteiger partial charge in [-0.2, -0.15) is 13.2 Å². The Balaban J connectivity index is 2.52. The first-order chi connectivity index (χ1) is 8.92. The highest BCUT2D eigenvalue weighted by atomic mass is 35.5. The van der Waals surface area contributed by atoms with E-state index in [0.29, 0.717) is 0 Å². The van der Waals surface area contributed by atoms with Gasteiger partial charge in [0.1, 0.15) is 6.54 Å². The minimum Gasteiger partial charge on any atom is -0.332 e. The summed E-state index contributed by atoms with van der Waals surface area (Å²) in [6.45, 7) is -1.36. The Morgan fingerprint density at radius 3 is 2.42 bits per heavy atom. The van der Waals surface area contributed by atoms with Crippen LogP contribution in [0.2, 0.25) is 0 Å². The standard InChI is InChI=1S/C12H13ClF3NOS/c13-6-7-17(9-12(14,15)16)11(18)8-19-10-4-2-1-3-5-10/h1-5H,6-9H2. The van der Waals surface area contributed by atoms with Crippen molar-refractivity contribution in [3.05, 3.63) is 30.3 Å². The van der Waals surface area contributed by atoms with E-state index in [1.54, 1.807) is 24.3 Å². The summed E-state index contributed by atoms with van der Waals surface area (Å²) < 4.78 is 36.9. The van der Waals surface area contributed by atoms with Gasteiger partial charge >= 0.3 is 6.18 Å². The van der Waals surface area contributed by atoms with Crippen molar-refractivity contribution in [2.75, 3.05) is 24.7 Å². The van der Waals surface area contributed by atoms with Crippen LogP contribution in [-0.4, -0.2) is 41.7 Å². The SMILES string of the molecule is O=C(CSc1ccccc1)N(CCCl)CC(F)(F)F. The zero-order chi connectivity index (χ0) is 14.3. The molecule has 7 heteroatoms. The fraction of sp³-hybridized carbons (Fsp3) is 0.417. The molecule has 0 N–H and O–H groups in total. The number of carbonyl (C=O) groups excluding carboxylic acids is 1. The number of rotatable bonds is 6. The van der Waals surface area contributed by atoms with Crippen LogP contribution in [0, 0.1) is 0 Å². The fourth-order valence-electron chi connectivity index (χ4n) is 1.36. The van der Waals surface area contributed by atoms with Crippen LogP contribution >= 0.6 is 23.4 Å². The van der Waals surface area contributed by atoms with E-state index in [4.69, 9.17) is 11.6 Å². The lowest BCUT2D eigenvalue weighted by Gasteiger charge is -2.22. The van der Waals surface area contributed by atoms with Crippen molar-refractivity contribution in [1.29, 1.82) is 0 Å². The third kappa shape index (κ3) is 6.73. The van der Waals surface area contributed by atoms with Gasteiger partial charge in [-0.3, -0.25) is 4.79 Å². The molecule has 0 aromatic heterocycles. The van der Waals surface area contributed by atoms with Gasteiger partial charge in [0.15, 0.2) is 0 Å². The lowest BCUT2D eigenvalue weighted by atomic mass is 10.4. The molecule has 0 fully saturated rings. The molecule has 0 atom stereocenters. The van der Waals surface area contributed by atoms with Gasteiger partial charge in [-0.15, -0.1) is 23.4 Å². The summed E-state index contributed by atoms with van der Waals surface area (Å²) in [4.78, 5) is 13.3. The van der Waals surface area contributed by atoms with Crippen LogP contribution in [-0.2, 0) is 4.79 Å². The van der Waals surface area contributed by atoms with Crippen molar-refractivity contribution in [1.82, 2.24) is 4.90 Å². The molecule has 0 saturated heterocycles. The van der Waals surface area contributed by atoms with Crippen LogP contribution < -0.4 is 0 Å². The first kappa shape index (κ1) is 16.2. The minimum atomic E-state index is -4.40. The maximum atomic E-state index is 12.3. The van der Waals surface area contributed by atoms with E-state index in [1.807, 2.05) is 6.07 Å². The number of benzene rings is 1. The van der Waals surface area contributed by atoms with E-state index < -0.39 is 18.6 Å². The van der Waals surface area contributed by atoms with Gasteiger partial charge in [-0.25, -0.2) is 0 Å². The van der Waals surface area contributed by atoms with Crippen LogP contribution in [0.5, 0.6) is 0 Å². The first-order valence-corrected chi connectivity index (χ1v) is 7.03. The van der Waals surface area contributed by atoms with Gasteiger partial charge in [-0.1, -0.05) is 18.2 Å². The summed E-state index contributed by atoms with van der Waals surface area (Å²) in [5, 5.41) is 0. The van der Waals surface area contributed by atoms with E-state index in [2.05, 4.69) is 0 Å². The van der Waals surface area contributed by atoms with Crippen LogP contribution in [0.25, 0.3) is 0 Å². The molecule has 0 aliphatic rings. The number of carbonyl (C=O) groups is 1. The Kier molecular flexibility index (Phi) is 6.51. The molecule has 0 saturated carbocycles. The van der Waals surface area contributed by atoms with E-state index in [9.17, 15) is 18.0 Å². The van der Waals surface area contributed by atoms with Gasteiger partial charge in [-0.05, 0) is 12.1 Å². The first-order valence-electron chi connectivity index (χ1n) is 5.50. The number of halogens is 4. The number of thioether (sulfide) groups is 1. The van der Waals surface area contributed by atoms with E-state index in [0.717, 1.165) is 9.80 Å². The Morgan fingerprint density at radius 1 is 1.26 bits per heavy atom. The van der Waals surface area contributed by atoms with Gasteiger partial charge in [0, 0.05) is 17.3 Å². The summed E-state index contributed by atoms with van der Waals surface area (Å²) >= 11 is 6.63. The van der Waals surface area contributed by atoms with E-state index in [-0.39, 0.29) is 18.2 Å². The summed E-state index contributed by atoms with van der Waals surface area (Å²) in [5.41, 5.74) is 0. The fourth-order valence-corrected chi connectivity index (χ4v) is 2.39. The van der Waals surface area contributed by atoms with Gasteiger partial charge in [0.25, 0.3) is 0 Å². The Hall–Kier alpha value is -0.880. The molecule has 1 rings (SSSR count). The lowest BCUT2D eigenvalue weighted by Crippen LogP contribution is -2.41. The maximum absolute atomic E-state index is 12.3. The highest BCUT2D eigenvalue weighted by molar-refractivity contribution is 8.00. The molecule has 19 heavy (non-hydrogen) atoms. The number of hydrogen-bond acceptors (Lipinski definition) is 2. The Bertz CT molecular complexity index is 400. The molecule has 1 aromatic rings. The van der Waals surface area contributed by atoms with Crippen LogP contribution in [0.3, 0.4) is 0 Å². The summed E-state index contributed by atoms with van der Waals surface area (Å²) in [6.07, 6.45) is -4.40. The Morgan fingerprint density at radius 2 is 1.89 bits per heavy atom. The topological polar surface area (TPSA) is 20.3 Å². The molecule has 0 spiro atoms. The Labute approximate surface area is 118 Å². The summed E-state index contributed by atoms with van der Waals surface area (Å²) in [6, 6.07) is 9.04. The molecule has 2 nitrogen and oxygen atoms in total. The molecular weight excluding hydrogens is 299 g/mol. The molecule has 1 aromatic carbocycles. The van der Waals surface area contributed by atoms with Crippen molar-refractivity contribution >= 4 is 29.3 Å². The zero-order valence-corrected chi connectivity index (χ0v) is 11.6. The number of amides is 1. The molecule has 0 radical (unpaired) electrons. The second kappa shape index (κ2) is 7.65. The van der Waals surface area contributed by atoms with E-state index in [1.165, 1.54) is 11.8 Å². The number of hydrogen-bond donors (Lipinski definition) is 0. The molecule has 0 aliphatic carbocycles. The molecular formula is C12H13ClF3NOS. The monoisotopic (exact) mass is 311 g/mol. The summed E-state index contributed by atoms with van der Waals surface area (Å²) in [7, 11) is 0. The lowest BCUT2D eigenvalue weighted by molar-refractivity contribution is -0.159. The second-order valence-electron chi connectivity index (χ2n) is 3.72. The zero-order valence-electron chi connectivity index (χ0n) is 9.99.